The molecule has 4 aromatic rings. The first kappa shape index (κ1) is 28.9. The van der Waals surface area contributed by atoms with Gasteiger partial charge in [-0.2, -0.15) is 12.5 Å². The normalized spacial score (nSPS) is 13.0. The minimum Gasteiger partial charge on any atom is -1.00 e. The molecule has 4 aromatic carbocycles. The number of halogens is 2. The summed E-state index contributed by atoms with van der Waals surface area (Å²) in [7, 11) is 0. The van der Waals surface area contributed by atoms with Gasteiger partial charge in [0, 0.05) is 0 Å². The third kappa shape index (κ3) is 6.05. The first-order valence-electron chi connectivity index (χ1n) is 10.4. The van der Waals surface area contributed by atoms with Crippen LogP contribution in [0.3, 0.4) is 0 Å². The number of fused-ring (bicyclic) bond motifs is 2. The molecule has 1 aliphatic carbocycles. The Kier molecular flexibility index (Phi) is 10.8. The summed E-state index contributed by atoms with van der Waals surface area (Å²) in [5, 5.41) is 2.51. The van der Waals surface area contributed by atoms with Gasteiger partial charge in [0.1, 0.15) is 0 Å². The fourth-order valence-corrected chi connectivity index (χ4v) is 4.34. The molecular weight excluding hydrogens is 481 g/mol. The van der Waals surface area contributed by atoms with Crippen LogP contribution in [0.2, 0.25) is 0 Å². The number of rotatable bonds is 1. The summed E-state index contributed by atoms with van der Waals surface area (Å²) in [5.74, 6) is 0.336. The van der Waals surface area contributed by atoms with E-state index in [0.29, 0.717) is 11.6 Å². The van der Waals surface area contributed by atoms with Crippen molar-refractivity contribution in [3.63, 3.8) is 0 Å². The fraction of sp³-hybridized carbons (Fsp3) is 0.138. The molecule has 0 saturated carbocycles. The van der Waals surface area contributed by atoms with Crippen LogP contribution in [0.5, 0.6) is 0 Å². The summed E-state index contributed by atoms with van der Waals surface area (Å²) in [6, 6.07) is 25.6. The van der Waals surface area contributed by atoms with Gasteiger partial charge in [0.25, 0.3) is 0 Å². The predicted octanol–water partition coefficient (Wildman–Crippen LogP) is 2.48. The van der Waals surface area contributed by atoms with Crippen LogP contribution in [0.1, 0.15) is 44.9 Å². The molecule has 0 saturated heterocycles. The zero-order chi connectivity index (χ0) is 21.3. The van der Waals surface area contributed by atoms with Crippen molar-refractivity contribution >= 4 is 22.5 Å². The number of hydrogen-bond donors (Lipinski definition) is 0. The number of allylic oxidation sites excluding steroid dienone is 1. The Balaban J connectivity index is 0.000000364. The van der Waals surface area contributed by atoms with E-state index < -0.39 is 0 Å². The van der Waals surface area contributed by atoms with E-state index in [2.05, 4.69) is 86.7 Å². The summed E-state index contributed by atoms with van der Waals surface area (Å²) >= 11 is 0. The molecule has 1 unspecified atom stereocenters. The van der Waals surface area contributed by atoms with Gasteiger partial charge in [0.05, 0.1) is 0 Å². The van der Waals surface area contributed by atoms with E-state index in [4.69, 9.17) is 5.73 Å². The standard InChI is InChI=1S/C20H15.C9H12N.2ClH.Ti/c1-14-17-8-4-2-6-15(17)10-12-18(14)20-13-11-16-7-3-5-9-19(16)20;1-6-4-7(2)9(10)8(3)5-6;;;/h2-13,20H,1H2;4-5,10H,1-3H3;2*1H;/q2*-1;;;+2/p-2. The van der Waals surface area contributed by atoms with E-state index in [9.17, 15) is 0 Å². The van der Waals surface area contributed by atoms with Crippen molar-refractivity contribution in [2.75, 3.05) is 0 Å². The number of aryl methyl sites for hydroxylation is 3. The van der Waals surface area contributed by atoms with Crippen molar-refractivity contribution < 1.29 is 46.5 Å². The number of benzene rings is 4. The Morgan fingerprint density at radius 1 is 0.758 bits per heavy atom. The molecule has 0 bridgehead atoms. The van der Waals surface area contributed by atoms with Gasteiger partial charge >= 0.3 is 21.7 Å². The van der Waals surface area contributed by atoms with Gasteiger partial charge in [-0.3, -0.25) is 0 Å². The topological polar surface area (TPSA) is 23.8 Å². The van der Waals surface area contributed by atoms with Crippen LogP contribution in [0.15, 0.2) is 78.9 Å². The maximum atomic E-state index is 7.54. The monoisotopic (exact) mass is 507 g/mol. The second-order valence-electron chi connectivity index (χ2n) is 8.09. The summed E-state index contributed by atoms with van der Waals surface area (Å²) < 4.78 is 0. The third-order valence-corrected chi connectivity index (χ3v) is 5.89. The molecule has 1 atom stereocenters. The molecule has 0 spiro atoms. The van der Waals surface area contributed by atoms with Gasteiger partial charge in [-0.15, -0.1) is 28.8 Å². The van der Waals surface area contributed by atoms with Crippen LogP contribution >= 0.6 is 0 Å². The first-order chi connectivity index (χ1) is 14.5. The molecule has 1 aliphatic rings. The van der Waals surface area contributed by atoms with Gasteiger partial charge in [0.2, 0.25) is 0 Å². The quantitative estimate of drug-likeness (QED) is 0.279. The molecule has 5 rings (SSSR count). The molecule has 0 amide bonds. The molecule has 0 fully saturated rings. The van der Waals surface area contributed by atoms with Crippen molar-refractivity contribution in [1.29, 1.82) is 0 Å². The molecule has 33 heavy (non-hydrogen) atoms. The molecule has 0 aliphatic heterocycles. The van der Waals surface area contributed by atoms with E-state index in [1.165, 1.54) is 33.0 Å². The maximum Gasteiger partial charge on any atom is 2.00 e. The number of nitrogens with one attached hydrogen (secondary N) is 1. The van der Waals surface area contributed by atoms with E-state index >= 15 is 0 Å². The van der Waals surface area contributed by atoms with Gasteiger partial charge in [-0.25, -0.2) is 0 Å². The second-order valence-corrected chi connectivity index (χ2v) is 8.09. The molecule has 0 heterocycles. The van der Waals surface area contributed by atoms with Crippen LogP contribution in [0.4, 0.5) is 5.69 Å². The van der Waals surface area contributed by atoms with E-state index in [1.807, 2.05) is 26.0 Å². The van der Waals surface area contributed by atoms with Crippen LogP contribution in [-0.2, 0) is 21.7 Å². The van der Waals surface area contributed by atoms with Crippen molar-refractivity contribution in [2.45, 2.75) is 26.7 Å². The summed E-state index contributed by atoms with van der Waals surface area (Å²) in [6.45, 7) is 10.3. The largest absolute Gasteiger partial charge is 2.00 e. The van der Waals surface area contributed by atoms with Crippen LogP contribution in [0, 0.1) is 27.7 Å². The molecule has 168 valence electrons. The summed E-state index contributed by atoms with van der Waals surface area (Å²) in [4.78, 5) is 0. The van der Waals surface area contributed by atoms with Gasteiger partial charge in [0.15, 0.2) is 0 Å². The summed E-state index contributed by atoms with van der Waals surface area (Å²) in [5.41, 5.74) is 16.8. The Morgan fingerprint density at radius 2 is 1.36 bits per heavy atom. The third-order valence-electron chi connectivity index (χ3n) is 5.89. The van der Waals surface area contributed by atoms with E-state index in [-0.39, 0.29) is 46.5 Å². The van der Waals surface area contributed by atoms with Gasteiger partial charge < -0.3 is 30.5 Å². The van der Waals surface area contributed by atoms with E-state index in [1.54, 1.807) is 0 Å². The van der Waals surface area contributed by atoms with Crippen molar-refractivity contribution in [3.05, 3.63) is 130 Å². The zero-order valence-electron chi connectivity index (χ0n) is 19.1. The van der Waals surface area contributed by atoms with Crippen LogP contribution in [0.25, 0.3) is 22.6 Å². The molecule has 1 N–H and O–H groups in total. The van der Waals surface area contributed by atoms with Crippen molar-refractivity contribution in [1.82, 2.24) is 0 Å². The van der Waals surface area contributed by atoms with Gasteiger partial charge in [-0.05, 0) is 37.8 Å². The molecule has 4 heteroatoms. The van der Waals surface area contributed by atoms with Crippen molar-refractivity contribution in [3.8, 4) is 0 Å². The Labute approximate surface area is 225 Å². The Morgan fingerprint density at radius 3 is 2.06 bits per heavy atom. The van der Waals surface area contributed by atoms with E-state index in [0.717, 1.165) is 16.7 Å². The molecular formula is C29H27Cl2NTi-2. The smallest absolute Gasteiger partial charge is 1.00 e. The zero-order valence-corrected chi connectivity index (χ0v) is 22.2. The summed E-state index contributed by atoms with van der Waals surface area (Å²) in [6.07, 6.45) is 4.50. The van der Waals surface area contributed by atoms with Gasteiger partial charge in [-0.1, -0.05) is 94.9 Å². The molecule has 0 radical (unpaired) electrons. The average molecular weight is 508 g/mol. The minimum absolute atomic E-state index is 0. The average Bonchev–Trinajstić information content (AvgIpc) is 3.17. The predicted molar refractivity (Wildman–Crippen MR) is 130 cm³/mol. The maximum absolute atomic E-state index is 7.54. The first-order valence-corrected chi connectivity index (χ1v) is 10.4. The van der Waals surface area contributed by atoms with Crippen molar-refractivity contribution in [2.24, 2.45) is 0 Å². The minimum atomic E-state index is 0. The Hall–Kier alpha value is -2.16. The second kappa shape index (κ2) is 12.3. The van der Waals surface area contributed by atoms with Crippen LogP contribution < -0.4 is 24.8 Å². The Bertz CT molecular complexity index is 1240. The molecule has 0 aromatic heterocycles. The molecule has 1 nitrogen and oxygen atoms in total. The van der Waals surface area contributed by atoms with Crippen LogP contribution in [-0.4, -0.2) is 0 Å². The SMILES string of the molecule is Cc1cc(C)c([NH-])c(C)c1.[CH2-]c1c(C2C=Cc3ccccc32)ccc2ccccc12.[Cl-].[Cl-].[Ti+2]. The fourth-order valence-electron chi connectivity index (χ4n) is 4.34. The number of hydrogen-bond acceptors (Lipinski definition) is 0.